The Morgan fingerprint density at radius 3 is 2.91 bits per heavy atom. The maximum Gasteiger partial charge on any atom is 0.241 e. The number of piperidine rings is 2. The molecule has 1 aromatic heterocycles. The van der Waals surface area contributed by atoms with Crippen LogP contribution in [-0.2, 0) is 11.3 Å². The van der Waals surface area contributed by atoms with Gasteiger partial charge in [-0.05, 0) is 64.1 Å². The van der Waals surface area contributed by atoms with E-state index in [1.54, 1.807) is 0 Å². The first-order chi connectivity index (χ1) is 16.1. The second-order valence-corrected chi connectivity index (χ2v) is 9.64. The average molecular weight is 454 g/mol. The molecule has 2 aliphatic rings. The Morgan fingerprint density at radius 1 is 1.18 bits per heavy atom. The molecule has 1 amide bonds. The Balaban J connectivity index is 1.21. The van der Waals surface area contributed by atoms with Gasteiger partial charge in [-0.1, -0.05) is 42.8 Å². The number of carbonyl (C=O) groups is 1. The number of amides is 1. The van der Waals surface area contributed by atoms with Crippen LogP contribution in [0.4, 0.5) is 0 Å². The van der Waals surface area contributed by atoms with Gasteiger partial charge in [-0.2, -0.15) is 4.98 Å². The zero-order valence-electron chi connectivity index (χ0n) is 20.3. The molecule has 7 nitrogen and oxygen atoms in total. The van der Waals surface area contributed by atoms with Gasteiger partial charge in [0.25, 0.3) is 0 Å². The van der Waals surface area contributed by atoms with Crippen LogP contribution in [0.5, 0.6) is 0 Å². The van der Waals surface area contributed by atoms with Crippen molar-refractivity contribution in [3.63, 3.8) is 0 Å². The monoisotopic (exact) mass is 453 g/mol. The predicted octanol–water partition coefficient (Wildman–Crippen LogP) is 4.03. The first kappa shape index (κ1) is 23.9. The van der Waals surface area contributed by atoms with Crippen molar-refractivity contribution in [3.05, 3.63) is 35.7 Å². The molecule has 1 aromatic carbocycles. The van der Waals surface area contributed by atoms with Gasteiger partial charge in [-0.25, -0.2) is 0 Å². The minimum atomic E-state index is 0.0379. The van der Waals surface area contributed by atoms with Gasteiger partial charge >= 0.3 is 0 Å². The molecule has 180 valence electrons. The second kappa shape index (κ2) is 11.7. The van der Waals surface area contributed by atoms with Gasteiger partial charge in [-0.15, -0.1) is 0 Å². The van der Waals surface area contributed by atoms with E-state index in [-0.39, 0.29) is 11.8 Å². The molecule has 0 bridgehead atoms. The first-order valence-electron chi connectivity index (χ1n) is 12.8. The summed E-state index contributed by atoms with van der Waals surface area (Å²) >= 11 is 0. The van der Waals surface area contributed by atoms with Crippen LogP contribution in [0.2, 0.25) is 0 Å². The van der Waals surface area contributed by atoms with Crippen LogP contribution >= 0.6 is 0 Å². The summed E-state index contributed by atoms with van der Waals surface area (Å²) in [6.07, 6.45) is 8.23. The summed E-state index contributed by atoms with van der Waals surface area (Å²) < 4.78 is 5.52. The van der Waals surface area contributed by atoms with E-state index in [0.717, 1.165) is 62.6 Å². The number of likely N-dealkylation sites (tertiary alicyclic amines) is 2. The molecular weight excluding hydrogens is 414 g/mol. The van der Waals surface area contributed by atoms with Crippen molar-refractivity contribution in [2.75, 3.05) is 32.7 Å². The Kier molecular flexibility index (Phi) is 8.51. The molecule has 2 saturated heterocycles. The molecule has 2 atom stereocenters. The van der Waals surface area contributed by atoms with Crippen molar-refractivity contribution in [2.45, 2.75) is 71.4 Å². The van der Waals surface area contributed by atoms with Crippen molar-refractivity contribution in [1.29, 1.82) is 0 Å². The van der Waals surface area contributed by atoms with Crippen molar-refractivity contribution < 1.29 is 9.32 Å². The third-order valence-electron chi connectivity index (χ3n) is 7.23. The van der Waals surface area contributed by atoms with Crippen LogP contribution in [-0.4, -0.2) is 64.6 Å². The molecule has 7 heteroatoms. The van der Waals surface area contributed by atoms with Crippen molar-refractivity contribution >= 4 is 5.91 Å². The minimum Gasteiger partial charge on any atom is -0.356 e. The molecule has 1 N–H and O–H groups in total. The Hall–Kier alpha value is -2.25. The zero-order valence-corrected chi connectivity index (χ0v) is 20.3. The number of rotatable bonds is 9. The molecule has 2 aliphatic heterocycles. The highest BCUT2D eigenvalue weighted by atomic mass is 16.5. The minimum absolute atomic E-state index is 0.0379. The summed E-state index contributed by atoms with van der Waals surface area (Å²) in [6.45, 7) is 9.71. The van der Waals surface area contributed by atoms with Crippen LogP contribution < -0.4 is 5.32 Å². The molecule has 4 rings (SSSR count). The summed E-state index contributed by atoms with van der Waals surface area (Å²) in [4.78, 5) is 22.3. The molecular formula is C26H39N5O2. The van der Waals surface area contributed by atoms with Gasteiger partial charge in [0.1, 0.15) is 0 Å². The quantitative estimate of drug-likeness (QED) is 0.578. The predicted molar refractivity (Wildman–Crippen MR) is 130 cm³/mol. The van der Waals surface area contributed by atoms with Gasteiger partial charge in [-0.3, -0.25) is 9.69 Å². The van der Waals surface area contributed by atoms with Crippen LogP contribution in [0.3, 0.4) is 0 Å². The van der Waals surface area contributed by atoms with E-state index < -0.39 is 0 Å². The van der Waals surface area contributed by atoms with Gasteiger partial charge in [0.05, 0.1) is 12.5 Å². The summed E-state index contributed by atoms with van der Waals surface area (Å²) in [6, 6.07) is 8.79. The Labute approximate surface area is 197 Å². The number of aryl methyl sites for hydroxylation is 1. The smallest absolute Gasteiger partial charge is 0.241 e. The first-order valence-corrected chi connectivity index (χ1v) is 12.8. The fraction of sp³-hybridized carbons (Fsp3) is 0.654. The van der Waals surface area contributed by atoms with Gasteiger partial charge < -0.3 is 14.7 Å². The number of benzene rings is 1. The third kappa shape index (κ3) is 6.42. The molecule has 0 radical (unpaired) electrons. The maximum atomic E-state index is 12.8. The SMILES string of the molecule is CCC1CCCCN1CCCNC(=O)C1CCCN(Cc2nc(-c3ccccc3C)no2)C1. The van der Waals surface area contributed by atoms with E-state index in [0.29, 0.717) is 18.3 Å². The fourth-order valence-electron chi connectivity index (χ4n) is 5.31. The Bertz CT molecular complexity index is 898. The standard InChI is InChI=1S/C26H39N5O2/c1-3-22-12-6-7-16-31(22)17-9-14-27-26(32)21-11-8-15-30(18-21)19-24-28-25(29-33-24)23-13-5-4-10-20(23)2/h4-5,10,13,21-22H,3,6-9,11-12,14-19H2,1-2H3,(H,27,32). The van der Waals surface area contributed by atoms with E-state index in [2.05, 4.69) is 32.2 Å². The number of carbonyl (C=O) groups excluding carboxylic acids is 1. The molecule has 2 unspecified atom stereocenters. The summed E-state index contributed by atoms with van der Waals surface area (Å²) in [5, 5.41) is 7.37. The van der Waals surface area contributed by atoms with E-state index in [1.165, 1.54) is 32.2 Å². The molecule has 3 heterocycles. The molecule has 33 heavy (non-hydrogen) atoms. The zero-order chi connectivity index (χ0) is 23.0. The summed E-state index contributed by atoms with van der Waals surface area (Å²) in [7, 11) is 0. The number of hydrogen-bond donors (Lipinski definition) is 1. The maximum absolute atomic E-state index is 12.8. The lowest BCUT2D eigenvalue weighted by Crippen LogP contribution is -2.44. The van der Waals surface area contributed by atoms with Gasteiger partial charge in [0.2, 0.25) is 17.6 Å². The van der Waals surface area contributed by atoms with Crippen LogP contribution in [0.1, 0.15) is 63.3 Å². The number of nitrogens with zero attached hydrogens (tertiary/aromatic N) is 4. The largest absolute Gasteiger partial charge is 0.356 e. The number of aromatic nitrogens is 2. The van der Waals surface area contributed by atoms with Crippen molar-refractivity contribution in [2.24, 2.45) is 5.92 Å². The lowest BCUT2D eigenvalue weighted by atomic mass is 9.97. The second-order valence-electron chi connectivity index (χ2n) is 9.64. The average Bonchev–Trinajstić information content (AvgIpc) is 3.30. The van der Waals surface area contributed by atoms with E-state index in [4.69, 9.17) is 4.52 Å². The van der Waals surface area contributed by atoms with Crippen molar-refractivity contribution in [1.82, 2.24) is 25.3 Å². The molecule has 2 fully saturated rings. The van der Waals surface area contributed by atoms with E-state index in [1.807, 2.05) is 31.2 Å². The summed E-state index contributed by atoms with van der Waals surface area (Å²) in [5.74, 6) is 1.47. The summed E-state index contributed by atoms with van der Waals surface area (Å²) in [5.41, 5.74) is 2.13. The normalized spacial score (nSPS) is 22.4. The van der Waals surface area contributed by atoms with Crippen LogP contribution in [0, 0.1) is 12.8 Å². The van der Waals surface area contributed by atoms with E-state index in [9.17, 15) is 4.79 Å². The topological polar surface area (TPSA) is 74.5 Å². The number of hydrogen-bond acceptors (Lipinski definition) is 6. The highest BCUT2D eigenvalue weighted by molar-refractivity contribution is 5.78. The molecule has 0 saturated carbocycles. The lowest BCUT2D eigenvalue weighted by Gasteiger charge is -2.35. The van der Waals surface area contributed by atoms with Crippen molar-refractivity contribution in [3.8, 4) is 11.4 Å². The van der Waals surface area contributed by atoms with Gasteiger partial charge in [0.15, 0.2) is 0 Å². The molecule has 0 aliphatic carbocycles. The Morgan fingerprint density at radius 2 is 2.06 bits per heavy atom. The highest BCUT2D eigenvalue weighted by Gasteiger charge is 2.27. The lowest BCUT2D eigenvalue weighted by molar-refractivity contribution is -0.126. The highest BCUT2D eigenvalue weighted by Crippen LogP contribution is 2.23. The van der Waals surface area contributed by atoms with Crippen LogP contribution in [0.15, 0.2) is 28.8 Å². The van der Waals surface area contributed by atoms with Crippen LogP contribution in [0.25, 0.3) is 11.4 Å². The van der Waals surface area contributed by atoms with Gasteiger partial charge in [0, 0.05) is 31.2 Å². The number of nitrogens with one attached hydrogen (secondary N) is 1. The molecule has 0 spiro atoms. The van der Waals surface area contributed by atoms with E-state index >= 15 is 0 Å². The molecule has 2 aromatic rings. The fourth-order valence-corrected chi connectivity index (χ4v) is 5.31. The third-order valence-corrected chi connectivity index (χ3v) is 7.23.